The summed E-state index contributed by atoms with van der Waals surface area (Å²) in [6.07, 6.45) is 0. The molecule has 0 aliphatic heterocycles. The number of carboxylic acids is 1. The number of benzene rings is 1. The summed E-state index contributed by atoms with van der Waals surface area (Å²) in [6, 6.07) is 8.78. The lowest BCUT2D eigenvalue weighted by molar-refractivity contribution is 0.0691. The predicted molar refractivity (Wildman–Crippen MR) is 53.1 cm³/mol. The van der Waals surface area contributed by atoms with E-state index < -0.39 is 5.97 Å². The van der Waals surface area contributed by atoms with E-state index in [1.165, 1.54) is 6.07 Å². The average molecular weight is 188 g/mol. The van der Waals surface area contributed by atoms with Crippen molar-refractivity contribution in [1.29, 1.82) is 0 Å². The van der Waals surface area contributed by atoms with Crippen LogP contribution in [-0.2, 0) is 0 Å². The summed E-state index contributed by atoms with van der Waals surface area (Å²) in [7, 11) is 0. The van der Waals surface area contributed by atoms with E-state index in [0.29, 0.717) is 0 Å². The smallest absolute Gasteiger partial charge is 0.354 e. The van der Waals surface area contributed by atoms with Gasteiger partial charge in [0.05, 0.1) is 0 Å². The molecule has 70 valence electrons. The SMILES string of the molecule is Nc1nc(C(=O)O)cc2ccccc12. The fourth-order valence-corrected chi connectivity index (χ4v) is 1.34. The molecule has 0 saturated heterocycles. The van der Waals surface area contributed by atoms with Gasteiger partial charge in [0.25, 0.3) is 0 Å². The summed E-state index contributed by atoms with van der Waals surface area (Å²) in [5, 5.41) is 10.3. The molecule has 2 aromatic rings. The van der Waals surface area contributed by atoms with Crippen molar-refractivity contribution >= 4 is 22.6 Å². The standard InChI is InChI=1S/C10H8N2O2/c11-9-7-4-2-1-3-6(7)5-8(12-9)10(13)14/h1-5H,(H2,11,12)(H,13,14). The van der Waals surface area contributed by atoms with E-state index in [1.807, 2.05) is 18.2 Å². The third-order valence-corrected chi connectivity index (χ3v) is 1.99. The highest BCUT2D eigenvalue weighted by atomic mass is 16.4. The minimum absolute atomic E-state index is 0.0267. The van der Waals surface area contributed by atoms with Crippen molar-refractivity contribution in [3.63, 3.8) is 0 Å². The number of fused-ring (bicyclic) bond motifs is 1. The molecule has 1 aromatic heterocycles. The van der Waals surface area contributed by atoms with Crippen LogP contribution in [0.3, 0.4) is 0 Å². The van der Waals surface area contributed by atoms with Gasteiger partial charge in [-0.2, -0.15) is 0 Å². The first-order chi connectivity index (χ1) is 6.68. The van der Waals surface area contributed by atoms with Gasteiger partial charge in [-0.1, -0.05) is 24.3 Å². The zero-order chi connectivity index (χ0) is 10.1. The second kappa shape index (κ2) is 2.99. The van der Waals surface area contributed by atoms with Crippen LogP contribution in [0.15, 0.2) is 30.3 Å². The number of hydrogen-bond donors (Lipinski definition) is 2. The van der Waals surface area contributed by atoms with Crippen LogP contribution < -0.4 is 5.73 Å². The van der Waals surface area contributed by atoms with E-state index in [9.17, 15) is 4.79 Å². The van der Waals surface area contributed by atoms with E-state index in [2.05, 4.69) is 4.98 Å². The molecular weight excluding hydrogens is 180 g/mol. The van der Waals surface area contributed by atoms with Crippen LogP contribution in [0.4, 0.5) is 5.82 Å². The predicted octanol–water partition coefficient (Wildman–Crippen LogP) is 1.52. The topological polar surface area (TPSA) is 76.2 Å². The van der Waals surface area contributed by atoms with E-state index >= 15 is 0 Å². The Bertz CT molecular complexity index is 508. The normalized spacial score (nSPS) is 10.3. The maximum absolute atomic E-state index is 10.7. The molecule has 4 nitrogen and oxygen atoms in total. The van der Waals surface area contributed by atoms with Gasteiger partial charge in [-0.15, -0.1) is 0 Å². The van der Waals surface area contributed by atoms with E-state index in [1.54, 1.807) is 6.07 Å². The molecule has 0 saturated carbocycles. The van der Waals surface area contributed by atoms with Crippen molar-refractivity contribution in [2.24, 2.45) is 0 Å². The van der Waals surface area contributed by atoms with Gasteiger partial charge in [-0.3, -0.25) is 0 Å². The summed E-state index contributed by atoms with van der Waals surface area (Å²) in [5.41, 5.74) is 5.59. The summed E-state index contributed by atoms with van der Waals surface area (Å²) < 4.78 is 0. The van der Waals surface area contributed by atoms with Gasteiger partial charge in [0.1, 0.15) is 5.82 Å². The van der Waals surface area contributed by atoms with Crippen molar-refractivity contribution < 1.29 is 9.90 Å². The molecule has 1 heterocycles. The number of nitrogens with zero attached hydrogens (tertiary/aromatic N) is 1. The second-order valence-corrected chi connectivity index (χ2v) is 2.92. The first kappa shape index (κ1) is 8.50. The van der Waals surface area contributed by atoms with E-state index in [4.69, 9.17) is 10.8 Å². The minimum Gasteiger partial charge on any atom is -0.477 e. The van der Waals surface area contributed by atoms with Gasteiger partial charge in [-0.05, 0) is 11.5 Å². The fourth-order valence-electron chi connectivity index (χ4n) is 1.34. The number of nitrogen functional groups attached to an aromatic ring is 1. The third kappa shape index (κ3) is 1.26. The van der Waals surface area contributed by atoms with Crippen LogP contribution in [0.25, 0.3) is 10.8 Å². The molecule has 14 heavy (non-hydrogen) atoms. The van der Waals surface area contributed by atoms with Crippen LogP contribution in [0.2, 0.25) is 0 Å². The molecule has 0 aliphatic carbocycles. The Morgan fingerprint density at radius 3 is 2.79 bits per heavy atom. The summed E-state index contributed by atoms with van der Waals surface area (Å²) in [6.45, 7) is 0. The molecular formula is C10H8N2O2. The second-order valence-electron chi connectivity index (χ2n) is 2.92. The minimum atomic E-state index is -1.07. The fraction of sp³-hybridized carbons (Fsp3) is 0. The molecule has 0 spiro atoms. The molecule has 0 aliphatic rings. The highest BCUT2D eigenvalue weighted by Gasteiger charge is 2.07. The first-order valence-corrected chi connectivity index (χ1v) is 4.07. The Labute approximate surface area is 80.0 Å². The molecule has 3 N–H and O–H groups in total. The molecule has 0 amide bonds. The summed E-state index contributed by atoms with van der Waals surface area (Å²) >= 11 is 0. The molecule has 0 bridgehead atoms. The van der Waals surface area contributed by atoms with Crippen molar-refractivity contribution in [1.82, 2.24) is 4.98 Å². The van der Waals surface area contributed by atoms with Gasteiger partial charge in [-0.25, -0.2) is 9.78 Å². The van der Waals surface area contributed by atoms with Crippen LogP contribution in [0, 0.1) is 0 Å². The van der Waals surface area contributed by atoms with Gasteiger partial charge < -0.3 is 10.8 Å². The molecule has 0 radical (unpaired) electrons. The maximum atomic E-state index is 10.7. The Morgan fingerprint density at radius 2 is 2.07 bits per heavy atom. The lowest BCUT2D eigenvalue weighted by Crippen LogP contribution is -2.03. The molecule has 2 rings (SSSR count). The number of nitrogens with two attached hydrogens (primary N) is 1. The van der Waals surface area contributed by atoms with E-state index in [-0.39, 0.29) is 11.5 Å². The largest absolute Gasteiger partial charge is 0.477 e. The third-order valence-electron chi connectivity index (χ3n) is 1.99. The number of hydrogen-bond acceptors (Lipinski definition) is 3. The van der Waals surface area contributed by atoms with E-state index in [0.717, 1.165) is 10.8 Å². The number of carbonyl (C=O) groups is 1. The Kier molecular flexibility index (Phi) is 1.81. The highest BCUT2D eigenvalue weighted by molar-refractivity contribution is 5.97. The van der Waals surface area contributed by atoms with Gasteiger partial charge in [0, 0.05) is 5.39 Å². The molecule has 4 heteroatoms. The number of rotatable bonds is 1. The van der Waals surface area contributed by atoms with Crippen LogP contribution in [0.5, 0.6) is 0 Å². The van der Waals surface area contributed by atoms with Crippen LogP contribution in [-0.4, -0.2) is 16.1 Å². The highest BCUT2D eigenvalue weighted by Crippen LogP contribution is 2.19. The Morgan fingerprint density at radius 1 is 1.36 bits per heavy atom. The Balaban J connectivity index is 2.78. The number of anilines is 1. The van der Waals surface area contributed by atoms with Gasteiger partial charge in [0.15, 0.2) is 5.69 Å². The van der Waals surface area contributed by atoms with Crippen molar-refractivity contribution in [3.8, 4) is 0 Å². The van der Waals surface area contributed by atoms with Crippen molar-refractivity contribution in [3.05, 3.63) is 36.0 Å². The lowest BCUT2D eigenvalue weighted by Gasteiger charge is -2.02. The molecule has 0 atom stereocenters. The quantitative estimate of drug-likeness (QED) is 0.711. The summed E-state index contributed by atoms with van der Waals surface area (Å²) in [4.78, 5) is 14.5. The van der Waals surface area contributed by atoms with Crippen LogP contribution in [0.1, 0.15) is 10.5 Å². The number of aromatic carboxylic acids is 1. The zero-order valence-electron chi connectivity index (χ0n) is 7.27. The Hall–Kier alpha value is -2.10. The van der Waals surface area contributed by atoms with Crippen molar-refractivity contribution in [2.75, 3.05) is 5.73 Å². The monoisotopic (exact) mass is 188 g/mol. The lowest BCUT2D eigenvalue weighted by atomic mass is 10.1. The van der Waals surface area contributed by atoms with Crippen LogP contribution >= 0.6 is 0 Å². The molecule has 0 fully saturated rings. The first-order valence-electron chi connectivity index (χ1n) is 4.07. The van der Waals surface area contributed by atoms with Crippen molar-refractivity contribution in [2.45, 2.75) is 0 Å². The van der Waals surface area contributed by atoms with Gasteiger partial charge in [0.2, 0.25) is 0 Å². The number of aromatic nitrogens is 1. The number of carboxylic acid groups (broad SMARTS) is 1. The van der Waals surface area contributed by atoms with Gasteiger partial charge >= 0.3 is 5.97 Å². The zero-order valence-corrected chi connectivity index (χ0v) is 7.27. The summed E-state index contributed by atoms with van der Waals surface area (Å²) in [5.74, 6) is -0.817. The molecule has 1 aromatic carbocycles. The molecule has 0 unspecified atom stereocenters. The average Bonchev–Trinajstić information content (AvgIpc) is 2.17. The number of pyridine rings is 1. The maximum Gasteiger partial charge on any atom is 0.354 e.